The maximum atomic E-state index is 5.81. The van der Waals surface area contributed by atoms with Crippen LogP contribution in [0.15, 0.2) is 24.4 Å². The maximum Gasteiger partial charge on any atom is 0.224 e. The molecule has 0 N–H and O–H groups in total. The highest BCUT2D eigenvalue weighted by Crippen LogP contribution is 2.29. The number of ether oxygens (including phenoxy) is 2. The molecule has 20 heavy (non-hydrogen) atoms. The molecule has 0 bridgehead atoms. The van der Waals surface area contributed by atoms with Crippen LogP contribution in [0.1, 0.15) is 0 Å². The van der Waals surface area contributed by atoms with Gasteiger partial charge in [-0.05, 0) is 23.7 Å². The Bertz CT molecular complexity index is 774. The van der Waals surface area contributed by atoms with E-state index in [4.69, 9.17) is 21.1 Å². The summed E-state index contributed by atoms with van der Waals surface area (Å²) < 4.78 is 12.0. The Kier molecular flexibility index (Phi) is 3.11. The highest BCUT2D eigenvalue weighted by molar-refractivity contribution is 6.28. The van der Waals surface area contributed by atoms with E-state index in [1.807, 2.05) is 6.07 Å². The first-order chi connectivity index (χ1) is 9.72. The molecule has 0 aliphatic carbocycles. The minimum absolute atomic E-state index is 0.140. The molecule has 0 unspecified atom stereocenters. The quantitative estimate of drug-likeness (QED) is 0.686. The van der Waals surface area contributed by atoms with Crippen molar-refractivity contribution in [3.63, 3.8) is 0 Å². The second-order valence-electron chi connectivity index (χ2n) is 3.89. The predicted octanol–water partition coefficient (Wildman–Crippen LogP) is 1.88. The van der Waals surface area contributed by atoms with Crippen molar-refractivity contribution in [1.82, 2.24) is 25.0 Å². The SMILES string of the molecule is COc1ccc(-n2nnc3cnc(Cl)nc32)cc1OC. The molecule has 2 heterocycles. The number of nitrogens with zero attached hydrogens (tertiary/aromatic N) is 5. The Morgan fingerprint density at radius 1 is 1.15 bits per heavy atom. The summed E-state index contributed by atoms with van der Waals surface area (Å²) in [4.78, 5) is 8.00. The number of hydrogen-bond donors (Lipinski definition) is 0. The number of rotatable bonds is 3. The lowest BCUT2D eigenvalue weighted by molar-refractivity contribution is 0.355. The van der Waals surface area contributed by atoms with Gasteiger partial charge in [0.2, 0.25) is 5.28 Å². The summed E-state index contributed by atoms with van der Waals surface area (Å²) in [5.74, 6) is 1.22. The summed E-state index contributed by atoms with van der Waals surface area (Å²) in [6.45, 7) is 0. The molecule has 1 aromatic carbocycles. The van der Waals surface area contributed by atoms with E-state index >= 15 is 0 Å². The van der Waals surface area contributed by atoms with Crippen LogP contribution in [0.2, 0.25) is 5.28 Å². The molecule has 0 atom stereocenters. The Labute approximate surface area is 119 Å². The summed E-state index contributed by atoms with van der Waals surface area (Å²) in [6.07, 6.45) is 1.52. The zero-order valence-electron chi connectivity index (χ0n) is 10.7. The summed E-state index contributed by atoms with van der Waals surface area (Å²) in [5, 5.41) is 8.18. The number of aromatic nitrogens is 5. The molecule has 0 aliphatic rings. The molecule has 102 valence electrons. The van der Waals surface area contributed by atoms with E-state index in [0.717, 1.165) is 5.69 Å². The van der Waals surface area contributed by atoms with Gasteiger partial charge in [0.25, 0.3) is 0 Å². The van der Waals surface area contributed by atoms with Crippen molar-refractivity contribution in [3.05, 3.63) is 29.7 Å². The van der Waals surface area contributed by atoms with Gasteiger partial charge in [0, 0.05) is 6.07 Å². The van der Waals surface area contributed by atoms with Gasteiger partial charge in [0.1, 0.15) is 0 Å². The van der Waals surface area contributed by atoms with Crippen molar-refractivity contribution in [3.8, 4) is 17.2 Å². The second kappa shape index (κ2) is 4.93. The molecule has 0 saturated carbocycles. The lowest BCUT2D eigenvalue weighted by Gasteiger charge is -2.09. The van der Waals surface area contributed by atoms with Crippen molar-refractivity contribution in [1.29, 1.82) is 0 Å². The highest BCUT2D eigenvalue weighted by Gasteiger charge is 2.12. The monoisotopic (exact) mass is 291 g/mol. The summed E-state index contributed by atoms with van der Waals surface area (Å²) >= 11 is 5.81. The van der Waals surface area contributed by atoms with Crippen LogP contribution >= 0.6 is 11.6 Å². The third kappa shape index (κ3) is 2.01. The Hall–Kier alpha value is -2.41. The van der Waals surface area contributed by atoms with Gasteiger partial charge >= 0.3 is 0 Å². The Morgan fingerprint density at radius 3 is 2.70 bits per heavy atom. The summed E-state index contributed by atoms with van der Waals surface area (Å²) in [6, 6.07) is 5.39. The van der Waals surface area contributed by atoms with Crippen LogP contribution in [0.5, 0.6) is 11.5 Å². The molecule has 2 aromatic heterocycles. The van der Waals surface area contributed by atoms with Crippen LogP contribution in [0, 0.1) is 0 Å². The van der Waals surface area contributed by atoms with Crippen LogP contribution in [0.3, 0.4) is 0 Å². The van der Waals surface area contributed by atoms with E-state index in [9.17, 15) is 0 Å². The van der Waals surface area contributed by atoms with Crippen molar-refractivity contribution in [2.45, 2.75) is 0 Å². The predicted molar refractivity (Wildman–Crippen MR) is 72.6 cm³/mol. The van der Waals surface area contributed by atoms with Gasteiger partial charge in [-0.2, -0.15) is 9.67 Å². The molecule has 0 aliphatic heterocycles. The molecule has 8 heteroatoms. The number of methoxy groups -OCH3 is 2. The van der Waals surface area contributed by atoms with Gasteiger partial charge < -0.3 is 9.47 Å². The average Bonchev–Trinajstić information content (AvgIpc) is 2.89. The van der Waals surface area contributed by atoms with Crippen molar-refractivity contribution < 1.29 is 9.47 Å². The third-order valence-electron chi connectivity index (χ3n) is 2.77. The van der Waals surface area contributed by atoms with Gasteiger partial charge in [-0.15, -0.1) is 5.10 Å². The lowest BCUT2D eigenvalue weighted by atomic mass is 10.2. The second-order valence-corrected chi connectivity index (χ2v) is 4.23. The van der Waals surface area contributed by atoms with Gasteiger partial charge in [0.15, 0.2) is 22.7 Å². The molecule has 0 radical (unpaired) electrons. The van der Waals surface area contributed by atoms with Crippen molar-refractivity contribution in [2.75, 3.05) is 14.2 Å². The molecular formula is C12H10ClN5O2. The molecule has 3 rings (SSSR count). The normalized spacial score (nSPS) is 10.8. The smallest absolute Gasteiger partial charge is 0.224 e. The molecule has 0 spiro atoms. The molecule has 3 aromatic rings. The largest absolute Gasteiger partial charge is 0.493 e. The average molecular weight is 292 g/mol. The van der Waals surface area contributed by atoms with Gasteiger partial charge in [-0.25, -0.2) is 4.98 Å². The first kappa shape index (κ1) is 12.6. The van der Waals surface area contributed by atoms with Gasteiger partial charge in [-0.3, -0.25) is 0 Å². The van der Waals surface area contributed by atoms with Gasteiger partial charge in [-0.1, -0.05) is 5.21 Å². The van der Waals surface area contributed by atoms with E-state index in [1.165, 1.54) is 6.20 Å². The van der Waals surface area contributed by atoms with Crippen LogP contribution in [-0.2, 0) is 0 Å². The molecule has 0 amide bonds. The molecule has 0 fully saturated rings. The van der Waals surface area contributed by atoms with E-state index in [1.54, 1.807) is 31.0 Å². The lowest BCUT2D eigenvalue weighted by Crippen LogP contribution is -2.00. The Morgan fingerprint density at radius 2 is 1.95 bits per heavy atom. The Balaban J connectivity index is 2.18. The first-order valence-electron chi connectivity index (χ1n) is 5.69. The fraction of sp³-hybridized carbons (Fsp3) is 0.167. The fourth-order valence-electron chi connectivity index (χ4n) is 1.84. The van der Waals surface area contributed by atoms with E-state index < -0.39 is 0 Å². The van der Waals surface area contributed by atoms with E-state index in [-0.39, 0.29) is 5.28 Å². The minimum Gasteiger partial charge on any atom is -0.493 e. The first-order valence-corrected chi connectivity index (χ1v) is 6.07. The van der Waals surface area contributed by atoms with Crippen LogP contribution in [0.25, 0.3) is 16.9 Å². The summed E-state index contributed by atoms with van der Waals surface area (Å²) in [7, 11) is 3.15. The van der Waals surface area contributed by atoms with Crippen molar-refractivity contribution in [2.24, 2.45) is 0 Å². The number of benzene rings is 1. The minimum atomic E-state index is 0.140. The molecule has 0 saturated heterocycles. The number of hydrogen-bond acceptors (Lipinski definition) is 6. The highest BCUT2D eigenvalue weighted by atomic mass is 35.5. The standard InChI is InChI=1S/C12H10ClN5O2/c1-19-9-4-3-7(5-10(9)20-2)18-11-8(16-17-18)6-14-12(13)15-11/h3-6H,1-2H3. The van der Waals surface area contributed by atoms with Crippen LogP contribution in [0.4, 0.5) is 0 Å². The van der Waals surface area contributed by atoms with E-state index in [0.29, 0.717) is 22.7 Å². The zero-order chi connectivity index (χ0) is 14.1. The molecule has 7 nitrogen and oxygen atoms in total. The van der Waals surface area contributed by atoms with Crippen LogP contribution < -0.4 is 9.47 Å². The van der Waals surface area contributed by atoms with Crippen molar-refractivity contribution >= 4 is 22.8 Å². The van der Waals surface area contributed by atoms with E-state index in [2.05, 4.69) is 20.3 Å². The maximum absolute atomic E-state index is 5.81. The topological polar surface area (TPSA) is 75.0 Å². The number of halogens is 1. The summed E-state index contributed by atoms with van der Waals surface area (Å²) in [5.41, 5.74) is 1.82. The van der Waals surface area contributed by atoms with Crippen LogP contribution in [-0.4, -0.2) is 39.2 Å². The fourth-order valence-corrected chi connectivity index (χ4v) is 1.97. The molecular weight excluding hydrogens is 282 g/mol. The van der Waals surface area contributed by atoms with Gasteiger partial charge in [0.05, 0.1) is 26.1 Å². The number of fused-ring (bicyclic) bond motifs is 1. The zero-order valence-corrected chi connectivity index (χ0v) is 11.5. The third-order valence-corrected chi connectivity index (χ3v) is 2.96.